The molecule has 3 fully saturated rings. The average Bonchev–Trinajstić information content (AvgIpc) is 3.05. The lowest BCUT2D eigenvalue weighted by Crippen LogP contribution is -2.54. The molecular weight excluding hydrogens is 316 g/mol. The third-order valence-electron chi connectivity index (χ3n) is 5.71. The Balaban J connectivity index is 1.49. The summed E-state index contributed by atoms with van der Waals surface area (Å²) in [6.07, 6.45) is 6.26. The maximum absolute atomic E-state index is 13.1. The van der Waals surface area contributed by atoms with E-state index >= 15 is 0 Å². The summed E-state index contributed by atoms with van der Waals surface area (Å²) in [7, 11) is 0. The van der Waals surface area contributed by atoms with Gasteiger partial charge in [0, 0.05) is 31.6 Å². The second-order valence-corrected chi connectivity index (χ2v) is 7.38. The van der Waals surface area contributed by atoms with E-state index in [4.69, 9.17) is 4.74 Å². The minimum Gasteiger partial charge on any atom is -0.374 e. The van der Waals surface area contributed by atoms with E-state index in [1.807, 2.05) is 34.1 Å². The molecule has 2 heterocycles. The number of hydrogen-bond donors (Lipinski definition) is 0. The lowest BCUT2D eigenvalue weighted by molar-refractivity contribution is -0.128. The van der Waals surface area contributed by atoms with Crippen LogP contribution in [0.1, 0.15) is 54.4 Å². The maximum Gasteiger partial charge on any atom is 0.254 e. The zero-order valence-electron chi connectivity index (χ0n) is 14.7. The minimum absolute atomic E-state index is 0.106. The molecule has 134 valence electrons. The lowest BCUT2D eigenvalue weighted by Gasteiger charge is -2.43. The molecule has 1 saturated carbocycles. The molecule has 0 spiro atoms. The van der Waals surface area contributed by atoms with E-state index in [2.05, 4.69) is 0 Å². The molecule has 0 aromatic heterocycles. The molecule has 2 aliphatic heterocycles. The standard InChI is InChI=1S/C20H26N2O3/c23-19-9-4-10-21(19)14-15-5-3-6-16(13-15)20(24)22-11-12-25-18-8-2-1-7-17(18)22/h3,5-6,13,17-18H,1-2,4,7-12,14H2/t17-,18-/m0/s1. The molecule has 5 nitrogen and oxygen atoms in total. The van der Waals surface area contributed by atoms with Crippen molar-refractivity contribution >= 4 is 11.8 Å². The van der Waals surface area contributed by atoms with Gasteiger partial charge in [-0.25, -0.2) is 0 Å². The largest absolute Gasteiger partial charge is 0.374 e. The van der Waals surface area contributed by atoms with Crippen molar-refractivity contribution < 1.29 is 14.3 Å². The van der Waals surface area contributed by atoms with Crippen LogP contribution in [0, 0.1) is 0 Å². The Morgan fingerprint density at radius 3 is 2.88 bits per heavy atom. The monoisotopic (exact) mass is 342 g/mol. The van der Waals surface area contributed by atoms with E-state index in [-0.39, 0.29) is 24.0 Å². The quantitative estimate of drug-likeness (QED) is 0.848. The highest BCUT2D eigenvalue weighted by atomic mass is 16.5. The summed E-state index contributed by atoms with van der Waals surface area (Å²) in [4.78, 5) is 28.8. The van der Waals surface area contributed by atoms with E-state index in [1.165, 1.54) is 12.8 Å². The molecule has 2 atom stereocenters. The summed E-state index contributed by atoms with van der Waals surface area (Å²) < 4.78 is 5.88. The molecule has 2 saturated heterocycles. The van der Waals surface area contributed by atoms with Crippen LogP contribution in [0.15, 0.2) is 24.3 Å². The number of benzene rings is 1. The van der Waals surface area contributed by atoms with Crippen LogP contribution < -0.4 is 0 Å². The molecule has 1 aromatic rings. The van der Waals surface area contributed by atoms with E-state index in [1.54, 1.807) is 0 Å². The Morgan fingerprint density at radius 1 is 1.16 bits per heavy atom. The second kappa shape index (κ2) is 7.16. The normalized spacial score (nSPS) is 26.6. The van der Waals surface area contributed by atoms with Crippen LogP contribution in [0.2, 0.25) is 0 Å². The van der Waals surface area contributed by atoms with Gasteiger partial charge in [-0.1, -0.05) is 25.0 Å². The predicted octanol–water partition coefficient (Wildman–Crippen LogP) is 2.59. The van der Waals surface area contributed by atoms with Crippen LogP contribution in [-0.2, 0) is 16.1 Å². The van der Waals surface area contributed by atoms with Crippen LogP contribution >= 0.6 is 0 Å². The number of likely N-dealkylation sites (tertiary alicyclic amines) is 1. The topological polar surface area (TPSA) is 49.9 Å². The summed E-state index contributed by atoms with van der Waals surface area (Å²) in [5.74, 6) is 0.324. The number of ether oxygens (including phenoxy) is 1. The van der Waals surface area contributed by atoms with Crippen LogP contribution in [0.5, 0.6) is 0 Å². The summed E-state index contributed by atoms with van der Waals surface area (Å²) in [5, 5.41) is 0. The highest BCUT2D eigenvalue weighted by Gasteiger charge is 2.37. The second-order valence-electron chi connectivity index (χ2n) is 7.38. The molecule has 5 heteroatoms. The van der Waals surface area contributed by atoms with Crippen LogP contribution in [0.3, 0.4) is 0 Å². The molecule has 4 rings (SSSR count). The zero-order chi connectivity index (χ0) is 17.2. The van der Waals surface area contributed by atoms with Gasteiger partial charge in [-0.2, -0.15) is 0 Å². The van der Waals surface area contributed by atoms with Crippen LogP contribution in [0.4, 0.5) is 0 Å². The van der Waals surface area contributed by atoms with Crippen molar-refractivity contribution in [2.24, 2.45) is 0 Å². The van der Waals surface area contributed by atoms with E-state index < -0.39 is 0 Å². The Labute approximate surface area is 148 Å². The van der Waals surface area contributed by atoms with Gasteiger partial charge in [0.1, 0.15) is 0 Å². The summed E-state index contributed by atoms with van der Waals surface area (Å²) in [6.45, 7) is 2.74. The summed E-state index contributed by atoms with van der Waals surface area (Å²) in [6, 6.07) is 8.01. The van der Waals surface area contributed by atoms with Gasteiger partial charge in [-0.15, -0.1) is 0 Å². The zero-order valence-corrected chi connectivity index (χ0v) is 14.7. The fraction of sp³-hybridized carbons (Fsp3) is 0.600. The Kier molecular flexibility index (Phi) is 4.75. The number of carbonyl (C=O) groups excluding carboxylic acids is 2. The molecule has 0 N–H and O–H groups in total. The molecule has 25 heavy (non-hydrogen) atoms. The van der Waals surface area contributed by atoms with Gasteiger partial charge in [0.15, 0.2) is 0 Å². The highest BCUT2D eigenvalue weighted by Crippen LogP contribution is 2.29. The Hall–Kier alpha value is -1.88. The van der Waals surface area contributed by atoms with Gasteiger partial charge in [0.25, 0.3) is 5.91 Å². The number of rotatable bonds is 3. The first-order valence-corrected chi connectivity index (χ1v) is 9.52. The maximum atomic E-state index is 13.1. The minimum atomic E-state index is 0.106. The van der Waals surface area contributed by atoms with Crippen molar-refractivity contribution in [1.29, 1.82) is 0 Å². The fourth-order valence-electron chi connectivity index (χ4n) is 4.41. The lowest BCUT2D eigenvalue weighted by atomic mass is 9.89. The van der Waals surface area contributed by atoms with Gasteiger partial charge in [-0.05, 0) is 37.0 Å². The SMILES string of the molecule is O=C1CCCN1Cc1cccc(C(=O)N2CCO[C@H]3CCCC[C@@H]32)c1. The molecule has 0 bridgehead atoms. The number of amides is 2. The van der Waals surface area contributed by atoms with Crippen molar-refractivity contribution in [2.75, 3.05) is 19.7 Å². The van der Waals surface area contributed by atoms with Gasteiger partial charge < -0.3 is 14.5 Å². The Morgan fingerprint density at radius 2 is 2.04 bits per heavy atom. The third-order valence-corrected chi connectivity index (χ3v) is 5.71. The van der Waals surface area contributed by atoms with E-state index in [0.717, 1.165) is 36.9 Å². The smallest absolute Gasteiger partial charge is 0.254 e. The molecule has 1 aliphatic carbocycles. The van der Waals surface area contributed by atoms with Crippen LogP contribution in [-0.4, -0.2) is 53.5 Å². The predicted molar refractivity (Wildman–Crippen MR) is 94.1 cm³/mol. The summed E-state index contributed by atoms with van der Waals surface area (Å²) in [5.41, 5.74) is 1.77. The first-order valence-electron chi connectivity index (χ1n) is 9.52. The molecule has 1 aromatic carbocycles. The van der Waals surface area contributed by atoms with Gasteiger partial charge in [0.05, 0.1) is 18.8 Å². The van der Waals surface area contributed by atoms with Crippen molar-refractivity contribution in [1.82, 2.24) is 9.80 Å². The first kappa shape index (κ1) is 16.6. The van der Waals surface area contributed by atoms with Gasteiger partial charge in [-0.3, -0.25) is 9.59 Å². The molecular formula is C20H26N2O3. The van der Waals surface area contributed by atoms with Crippen molar-refractivity contribution in [3.05, 3.63) is 35.4 Å². The number of carbonyl (C=O) groups is 2. The number of nitrogens with zero attached hydrogens (tertiary/aromatic N) is 2. The van der Waals surface area contributed by atoms with E-state index in [0.29, 0.717) is 26.1 Å². The average molecular weight is 342 g/mol. The third kappa shape index (κ3) is 3.43. The molecule has 3 aliphatic rings. The molecule has 2 amide bonds. The summed E-state index contributed by atoms with van der Waals surface area (Å²) >= 11 is 0. The number of morpholine rings is 1. The van der Waals surface area contributed by atoms with Crippen LogP contribution in [0.25, 0.3) is 0 Å². The Bertz CT molecular complexity index is 658. The van der Waals surface area contributed by atoms with Gasteiger partial charge in [0.2, 0.25) is 5.91 Å². The molecule has 0 radical (unpaired) electrons. The van der Waals surface area contributed by atoms with Gasteiger partial charge >= 0.3 is 0 Å². The van der Waals surface area contributed by atoms with Crippen molar-refractivity contribution in [3.8, 4) is 0 Å². The van der Waals surface area contributed by atoms with Crippen molar-refractivity contribution in [2.45, 2.75) is 57.2 Å². The molecule has 0 unspecified atom stereocenters. The number of hydrogen-bond acceptors (Lipinski definition) is 3. The first-order chi connectivity index (χ1) is 12.2. The highest BCUT2D eigenvalue weighted by molar-refractivity contribution is 5.94. The van der Waals surface area contributed by atoms with E-state index in [9.17, 15) is 9.59 Å². The number of fused-ring (bicyclic) bond motifs is 1. The fourth-order valence-corrected chi connectivity index (χ4v) is 4.41. The van der Waals surface area contributed by atoms with Crippen molar-refractivity contribution in [3.63, 3.8) is 0 Å².